The number of carbonyl (C=O) groups is 2. The first-order chi connectivity index (χ1) is 8.29. The highest BCUT2D eigenvalue weighted by molar-refractivity contribution is 7.90. The van der Waals surface area contributed by atoms with Crippen LogP contribution in [0.4, 0.5) is 0 Å². The van der Waals surface area contributed by atoms with Crippen LogP contribution in [0.5, 0.6) is 0 Å². The lowest BCUT2D eigenvalue weighted by atomic mass is 10.2. The van der Waals surface area contributed by atoms with Gasteiger partial charge in [0.05, 0.1) is 5.75 Å². The molecule has 0 aliphatic rings. The second kappa shape index (κ2) is 5.63. The van der Waals surface area contributed by atoms with Gasteiger partial charge in [-0.2, -0.15) is 0 Å². The van der Waals surface area contributed by atoms with Crippen LogP contribution in [0.3, 0.4) is 0 Å². The molecule has 0 fully saturated rings. The second-order valence-corrected chi connectivity index (χ2v) is 5.93. The van der Waals surface area contributed by atoms with Crippen molar-refractivity contribution in [3.63, 3.8) is 0 Å². The number of amides is 1. The van der Waals surface area contributed by atoms with Crippen molar-refractivity contribution in [2.75, 3.05) is 12.0 Å². The Kier molecular flexibility index (Phi) is 4.43. The zero-order valence-electron chi connectivity index (χ0n) is 9.49. The summed E-state index contributed by atoms with van der Waals surface area (Å²) in [5.41, 5.74) is -0.0689. The average molecular weight is 276 g/mol. The van der Waals surface area contributed by atoms with Gasteiger partial charge < -0.3 is 14.9 Å². The number of nitrogens with zero attached hydrogens (tertiary/aromatic N) is 1. The van der Waals surface area contributed by atoms with Gasteiger partial charge in [0.1, 0.15) is 22.1 Å². The summed E-state index contributed by atoms with van der Waals surface area (Å²) in [5, 5.41) is 14.4. The van der Waals surface area contributed by atoms with E-state index in [1.165, 1.54) is 12.3 Å². The third-order valence-corrected chi connectivity index (χ3v) is 3.03. The van der Waals surface area contributed by atoms with Crippen molar-refractivity contribution < 1.29 is 27.6 Å². The number of carboxylic acid groups (broad SMARTS) is 1. The Hall–Kier alpha value is -1.90. The average Bonchev–Trinajstić information content (AvgIpc) is 2.75. The van der Waals surface area contributed by atoms with Crippen LogP contribution in [0, 0.1) is 0 Å². The van der Waals surface area contributed by atoms with Crippen molar-refractivity contribution in [2.24, 2.45) is 0 Å². The number of aliphatic carboxylic acids is 1. The third kappa shape index (κ3) is 4.53. The zero-order chi connectivity index (χ0) is 13.8. The molecule has 0 aliphatic heterocycles. The molecule has 0 aromatic carbocycles. The van der Waals surface area contributed by atoms with Gasteiger partial charge in [0.15, 0.2) is 5.69 Å². The molecule has 1 aromatic rings. The summed E-state index contributed by atoms with van der Waals surface area (Å²) in [7, 11) is -3.29. The number of aromatic nitrogens is 1. The number of sulfone groups is 1. The Labute approximate surface area is 103 Å². The minimum atomic E-state index is -3.29. The van der Waals surface area contributed by atoms with Gasteiger partial charge in [-0.05, 0) is 6.42 Å². The van der Waals surface area contributed by atoms with Gasteiger partial charge in [-0.1, -0.05) is 5.16 Å². The van der Waals surface area contributed by atoms with Crippen molar-refractivity contribution in [2.45, 2.75) is 12.5 Å². The molecule has 18 heavy (non-hydrogen) atoms. The number of nitrogens with one attached hydrogen (secondary N) is 1. The van der Waals surface area contributed by atoms with E-state index in [0.29, 0.717) is 0 Å². The highest BCUT2D eigenvalue weighted by Crippen LogP contribution is 2.00. The fourth-order valence-electron chi connectivity index (χ4n) is 1.15. The van der Waals surface area contributed by atoms with E-state index in [1.807, 2.05) is 0 Å². The molecule has 1 atom stereocenters. The minimum absolute atomic E-state index is 0.0689. The SMILES string of the molecule is CS(=O)(=O)CCC(NC(=O)c1ccon1)C(=O)O. The molecule has 1 amide bonds. The number of rotatable bonds is 6. The molecule has 0 spiro atoms. The Morgan fingerprint density at radius 3 is 2.67 bits per heavy atom. The summed E-state index contributed by atoms with van der Waals surface area (Å²) in [5.74, 6) is -2.37. The molecule has 1 unspecified atom stereocenters. The molecule has 0 radical (unpaired) electrons. The smallest absolute Gasteiger partial charge is 0.326 e. The van der Waals surface area contributed by atoms with Crippen LogP contribution in [0.2, 0.25) is 0 Å². The molecule has 0 bridgehead atoms. The summed E-state index contributed by atoms with van der Waals surface area (Å²) in [6, 6.07) is -0.0194. The van der Waals surface area contributed by atoms with E-state index in [4.69, 9.17) is 5.11 Å². The molecule has 9 heteroatoms. The lowest BCUT2D eigenvalue weighted by molar-refractivity contribution is -0.139. The Morgan fingerprint density at radius 2 is 2.22 bits per heavy atom. The number of hydrogen-bond donors (Lipinski definition) is 2. The van der Waals surface area contributed by atoms with Crippen molar-refractivity contribution in [1.82, 2.24) is 10.5 Å². The first kappa shape index (κ1) is 14.2. The molecule has 0 aliphatic carbocycles. The molecule has 0 saturated carbocycles. The lowest BCUT2D eigenvalue weighted by Gasteiger charge is -2.12. The van der Waals surface area contributed by atoms with Crippen LogP contribution in [0.25, 0.3) is 0 Å². The van der Waals surface area contributed by atoms with Crippen molar-refractivity contribution in [3.05, 3.63) is 18.0 Å². The lowest BCUT2D eigenvalue weighted by Crippen LogP contribution is -2.42. The van der Waals surface area contributed by atoms with Gasteiger partial charge in [-0.25, -0.2) is 13.2 Å². The number of carboxylic acids is 1. The monoisotopic (exact) mass is 276 g/mol. The predicted molar refractivity (Wildman–Crippen MR) is 59.7 cm³/mol. The van der Waals surface area contributed by atoms with Crippen LogP contribution < -0.4 is 5.32 Å². The predicted octanol–water partition coefficient (Wildman–Crippen LogP) is -0.708. The summed E-state index contributed by atoms with van der Waals surface area (Å²) in [6.07, 6.45) is 1.95. The molecule has 1 heterocycles. The molecule has 0 saturated heterocycles. The molecule has 100 valence electrons. The topological polar surface area (TPSA) is 127 Å². The van der Waals surface area contributed by atoms with Crippen molar-refractivity contribution in [3.8, 4) is 0 Å². The summed E-state index contributed by atoms with van der Waals surface area (Å²) >= 11 is 0. The second-order valence-electron chi connectivity index (χ2n) is 3.67. The number of carbonyl (C=O) groups excluding carboxylic acids is 1. The molecular formula is C9H12N2O6S. The largest absolute Gasteiger partial charge is 0.480 e. The third-order valence-electron chi connectivity index (χ3n) is 2.05. The normalized spacial score (nSPS) is 12.9. The molecule has 1 aromatic heterocycles. The van der Waals surface area contributed by atoms with Gasteiger partial charge in [0.2, 0.25) is 0 Å². The summed E-state index contributed by atoms with van der Waals surface area (Å²) < 4.78 is 26.3. The first-order valence-corrected chi connectivity index (χ1v) is 6.97. The van der Waals surface area contributed by atoms with Gasteiger partial charge in [-0.3, -0.25) is 4.79 Å². The quantitative estimate of drug-likeness (QED) is 0.702. The van der Waals surface area contributed by atoms with Gasteiger partial charge in [0.25, 0.3) is 5.91 Å². The number of hydrogen-bond acceptors (Lipinski definition) is 6. The van der Waals surface area contributed by atoms with E-state index >= 15 is 0 Å². The Balaban J connectivity index is 2.64. The highest BCUT2D eigenvalue weighted by atomic mass is 32.2. The fourth-order valence-corrected chi connectivity index (χ4v) is 1.82. The summed E-state index contributed by atoms with van der Waals surface area (Å²) in [4.78, 5) is 22.4. The van der Waals surface area contributed by atoms with Gasteiger partial charge in [-0.15, -0.1) is 0 Å². The van der Waals surface area contributed by atoms with E-state index in [9.17, 15) is 18.0 Å². The highest BCUT2D eigenvalue weighted by Gasteiger charge is 2.23. The molecule has 1 rings (SSSR count). The first-order valence-electron chi connectivity index (χ1n) is 4.91. The molecule has 8 nitrogen and oxygen atoms in total. The van der Waals surface area contributed by atoms with E-state index in [-0.39, 0.29) is 17.9 Å². The molecule has 2 N–H and O–H groups in total. The maximum atomic E-state index is 11.5. The van der Waals surface area contributed by atoms with Crippen LogP contribution >= 0.6 is 0 Å². The fraction of sp³-hybridized carbons (Fsp3) is 0.444. The van der Waals surface area contributed by atoms with E-state index < -0.39 is 27.8 Å². The Bertz CT molecular complexity index is 521. The maximum absolute atomic E-state index is 11.5. The summed E-state index contributed by atoms with van der Waals surface area (Å²) in [6.45, 7) is 0. The minimum Gasteiger partial charge on any atom is -0.480 e. The van der Waals surface area contributed by atoms with Crippen molar-refractivity contribution >= 4 is 21.7 Å². The van der Waals surface area contributed by atoms with E-state index in [2.05, 4.69) is 15.0 Å². The van der Waals surface area contributed by atoms with E-state index in [1.54, 1.807) is 0 Å². The van der Waals surface area contributed by atoms with Gasteiger partial charge >= 0.3 is 5.97 Å². The Morgan fingerprint density at radius 1 is 1.56 bits per heavy atom. The van der Waals surface area contributed by atoms with Crippen LogP contribution in [-0.2, 0) is 14.6 Å². The maximum Gasteiger partial charge on any atom is 0.326 e. The van der Waals surface area contributed by atoms with Crippen LogP contribution in [0.1, 0.15) is 16.9 Å². The van der Waals surface area contributed by atoms with Crippen molar-refractivity contribution in [1.29, 1.82) is 0 Å². The van der Waals surface area contributed by atoms with Gasteiger partial charge in [0, 0.05) is 12.3 Å². The standard InChI is InChI=1S/C9H12N2O6S/c1-18(15,16)5-3-7(9(13)14)10-8(12)6-2-4-17-11-6/h2,4,7H,3,5H2,1H3,(H,10,12)(H,13,14). The zero-order valence-corrected chi connectivity index (χ0v) is 10.3. The molecular weight excluding hydrogens is 264 g/mol. The van der Waals surface area contributed by atoms with Crippen LogP contribution in [-0.4, -0.2) is 48.6 Å². The van der Waals surface area contributed by atoms with E-state index in [0.717, 1.165) is 6.26 Å². The van der Waals surface area contributed by atoms with Crippen LogP contribution in [0.15, 0.2) is 16.9 Å².